The van der Waals surface area contributed by atoms with Gasteiger partial charge in [0.1, 0.15) is 11.5 Å². The Hall–Kier alpha value is -2.86. The van der Waals surface area contributed by atoms with E-state index in [9.17, 15) is 4.79 Å². The second kappa shape index (κ2) is 7.40. The van der Waals surface area contributed by atoms with Gasteiger partial charge in [0.05, 0.1) is 11.3 Å². The van der Waals surface area contributed by atoms with Crippen LogP contribution in [0.3, 0.4) is 0 Å². The maximum Gasteiger partial charge on any atom is 0.257 e. The van der Waals surface area contributed by atoms with E-state index in [4.69, 9.17) is 4.42 Å². The van der Waals surface area contributed by atoms with Gasteiger partial charge < -0.3 is 14.6 Å². The fourth-order valence-corrected chi connectivity index (χ4v) is 3.63. The van der Waals surface area contributed by atoms with Crippen LogP contribution < -0.4 is 5.32 Å². The molecule has 1 amide bonds. The number of hydrogen-bond donors (Lipinski definition) is 1. The molecule has 0 spiro atoms. The molecule has 2 aromatic heterocycles. The van der Waals surface area contributed by atoms with Gasteiger partial charge >= 0.3 is 0 Å². The first kappa shape index (κ1) is 17.5. The Balaban J connectivity index is 1.70. The minimum atomic E-state index is 0.0137. The first-order valence-corrected chi connectivity index (χ1v) is 9.31. The number of aromatic nitrogens is 2. The summed E-state index contributed by atoms with van der Waals surface area (Å²) >= 11 is 0. The van der Waals surface area contributed by atoms with Gasteiger partial charge in [0.15, 0.2) is 5.76 Å². The number of nitrogens with one attached hydrogen (secondary N) is 1. The molecule has 0 saturated carbocycles. The zero-order chi connectivity index (χ0) is 18.8. The number of likely N-dealkylation sites (tertiary alicyclic amines) is 1. The van der Waals surface area contributed by atoms with E-state index in [1.54, 1.807) is 4.68 Å². The van der Waals surface area contributed by atoms with Gasteiger partial charge in [0.25, 0.3) is 5.91 Å². The van der Waals surface area contributed by atoms with Crippen molar-refractivity contribution in [2.45, 2.75) is 13.3 Å². The van der Waals surface area contributed by atoms with Crippen molar-refractivity contribution in [3.63, 3.8) is 0 Å². The summed E-state index contributed by atoms with van der Waals surface area (Å²) in [7, 11) is 1.95. The lowest BCUT2D eigenvalue weighted by Crippen LogP contribution is -2.30. The SMILES string of the molecule is CNCC1CCN(C(=O)c2cn(-c3ccccc3)nc2-c2ccc(C)o2)C1. The number of carbonyl (C=O) groups is 1. The summed E-state index contributed by atoms with van der Waals surface area (Å²) < 4.78 is 7.53. The van der Waals surface area contributed by atoms with Crippen molar-refractivity contribution in [2.75, 3.05) is 26.7 Å². The molecular weight excluding hydrogens is 340 g/mol. The molecule has 0 radical (unpaired) electrons. The molecule has 3 heterocycles. The largest absolute Gasteiger partial charge is 0.460 e. The highest BCUT2D eigenvalue weighted by Gasteiger charge is 2.30. The lowest BCUT2D eigenvalue weighted by molar-refractivity contribution is 0.0787. The summed E-state index contributed by atoms with van der Waals surface area (Å²) in [6, 6.07) is 13.6. The third-order valence-electron chi connectivity index (χ3n) is 5.00. The highest BCUT2D eigenvalue weighted by Crippen LogP contribution is 2.28. The van der Waals surface area contributed by atoms with Gasteiger partial charge in [-0.3, -0.25) is 4.79 Å². The normalized spacial score (nSPS) is 16.8. The Labute approximate surface area is 158 Å². The average molecular weight is 364 g/mol. The second-order valence-corrected chi connectivity index (χ2v) is 7.05. The van der Waals surface area contributed by atoms with Crippen LogP contribution in [0.1, 0.15) is 22.5 Å². The average Bonchev–Trinajstić information content (AvgIpc) is 3.41. The van der Waals surface area contributed by atoms with Gasteiger partial charge in [-0.25, -0.2) is 4.68 Å². The van der Waals surface area contributed by atoms with E-state index >= 15 is 0 Å². The fraction of sp³-hybridized carbons (Fsp3) is 0.333. The van der Waals surface area contributed by atoms with Crippen molar-refractivity contribution in [3.8, 4) is 17.1 Å². The molecule has 1 aromatic carbocycles. The molecule has 4 rings (SSSR count). The van der Waals surface area contributed by atoms with Crippen LogP contribution in [0.25, 0.3) is 17.1 Å². The zero-order valence-electron chi connectivity index (χ0n) is 15.7. The van der Waals surface area contributed by atoms with E-state index in [0.717, 1.165) is 37.5 Å². The van der Waals surface area contributed by atoms with E-state index in [2.05, 4.69) is 10.4 Å². The van der Waals surface area contributed by atoms with E-state index in [0.29, 0.717) is 22.9 Å². The Morgan fingerprint density at radius 1 is 1.26 bits per heavy atom. The third kappa shape index (κ3) is 3.53. The zero-order valence-corrected chi connectivity index (χ0v) is 15.7. The van der Waals surface area contributed by atoms with E-state index in [1.165, 1.54) is 0 Å². The molecule has 0 aliphatic carbocycles. The van der Waals surface area contributed by atoms with Crippen LogP contribution in [0.4, 0.5) is 0 Å². The lowest BCUT2D eigenvalue weighted by Gasteiger charge is -2.16. The maximum absolute atomic E-state index is 13.3. The van der Waals surface area contributed by atoms with Crippen LogP contribution >= 0.6 is 0 Å². The highest BCUT2D eigenvalue weighted by atomic mass is 16.3. The van der Waals surface area contributed by atoms with Gasteiger partial charge in [-0.1, -0.05) is 18.2 Å². The quantitative estimate of drug-likeness (QED) is 0.756. The molecule has 1 N–H and O–H groups in total. The van der Waals surface area contributed by atoms with Crippen molar-refractivity contribution >= 4 is 5.91 Å². The minimum absolute atomic E-state index is 0.0137. The summed E-state index contributed by atoms with van der Waals surface area (Å²) in [6.45, 7) is 4.37. The molecule has 0 bridgehead atoms. The molecule has 1 atom stereocenters. The Kier molecular flexibility index (Phi) is 4.81. The van der Waals surface area contributed by atoms with Crippen LogP contribution in [0, 0.1) is 12.8 Å². The van der Waals surface area contributed by atoms with Gasteiger partial charge in [0, 0.05) is 19.3 Å². The van der Waals surface area contributed by atoms with E-state index in [-0.39, 0.29) is 5.91 Å². The predicted molar refractivity (Wildman–Crippen MR) is 104 cm³/mol. The lowest BCUT2D eigenvalue weighted by atomic mass is 10.1. The summed E-state index contributed by atoms with van der Waals surface area (Å²) in [4.78, 5) is 15.2. The van der Waals surface area contributed by atoms with E-state index in [1.807, 2.05) is 67.5 Å². The molecule has 6 nitrogen and oxygen atoms in total. The van der Waals surface area contributed by atoms with Crippen LogP contribution in [0.5, 0.6) is 0 Å². The number of furan rings is 1. The van der Waals surface area contributed by atoms with Crippen molar-refractivity contribution in [2.24, 2.45) is 5.92 Å². The summed E-state index contributed by atoms with van der Waals surface area (Å²) in [5.41, 5.74) is 2.09. The molecule has 1 aliphatic heterocycles. The standard InChI is InChI=1S/C21H24N4O2/c1-15-8-9-19(27-15)20-18(14-25(23-20)17-6-4-3-5-7-17)21(26)24-11-10-16(13-24)12-22-2/h3-9,14,16,22H,10-13H2,1-2H3. The van der Waals surface area contributed by atoms with Gasteiger partial charge in [0.2, 0.25) is 0 Å². The monoisotopic (exact) mass is 364 g/mol. The maximum atomic E-state index is 13.3. The Morgan fingerprint density at radius 2 is 2.07 bits per heavy atom. The van der Waals surface area contributed by atoms with Crippen molar-refractivity contribution in [3.05, 3.63) is 60.0 Å². The molecule has 1 saturated heterocycles. The molecule has 140 valence electrons. The Morgan fingerprint density at radius 3 is 2.78 bits per heavy atom. The number of aryl methyl sites for hydroxylation is 1. The van der Waals surface area contributed by atoms with Gasteiger partial charge in [-0.05, 0) is 57.1 Å². The summed E-state index contributed by atoms with van der Waals surface area (Å²) in [5, 5.41) is 7.88. The van der Waals surface area contributed by atoms with Crippen LogP contribution in [-0.4, -0.2) is 47.3 Å². The number of nitrogens with zero attached hydrogens (tertiary/aromatic N) is 3. The first-order valence-electron chi connectivity index (χ1n) is 9.31. The minimum Gasteiger partial charge on any atom is -0.460 e. The number of rotatable bonds is 5. The summed E-state index contributed by atoms with van der Waals surface area (Å²) in [6.07, 6.45) is 2.84. The Bertz CT molecular complexity index is 929. The predicted octanol–water partition coefficient (Wildman–Crippen LogP) is 3.12. The molecule has 27 heavy (non-hydrogen) atoms. The van der Waals surface area contributed by atoms with Crippen LogP contribution in [-0.2, 0) is 0 Å². The second-order valence-electron chi connectivity index (χ2n) is 7.05. The van der Waals surface area contributed by atoms with Crippen molar-refractivity contribution in [1.82, 2.24) is 20.0 Å². The molecule has 1 unspecified atom stereocenters. The molecule has 3 aromatic rings. The molecule has 1 fully saturated rings. The van der Waals surface area contributed by atoms with Gasteiger partial charge in [-0.2, -0.15) is 5.10 Å². The van der Waals surface area contributed by atoms with Crippen LogP contribution in [0.2, 0.25) is 0 Å². The van der Waals surface area contributed by atoms with Gasteiger partial charge in [-0.15, -0.1) is 0 Å². The molecule has 6 heteroatoms. The highest BCUT2D eigenvalue weighted by molar-refractivity contribution is 5.99. The van der Waals surface area contributed by atoms with Crippen LogP contribution in [0.15, 0.2) is 53.1 Å². The smallest absolute Gasteiger partial charge is 0.257 e. The number of para-hydroxylation sites is 1. The number of carbonyl (C=O) groups excluding carboxylic acids is 1. The number of hydrogen-bond acceptors (Lipinski definition) is 4. The topological polar surface area (TPSA) is 63.3 Å². The third-order valence-corrected chi connectivity index (χ3v) is 5.00. The van der Waals surface area contributed by atoms with Crippen molar-refractivity contribution < 1.29 is 9.21 Å². The van der Waals surface area contributed by atoms with Crippen molar-refractivity contribution in [1.29, 1.82) is 0 Å². The van der Waals surface area contributed by atoms with E-state index < -0.39 is 0 Å². The number of benzene rings is 1. The molecule has 1 aliphatic rings. The first-order chi connectivity index (χ1) is 13.2. The summed E-state index contributed by atoms with van der Waals surface area (Å²) in [5.74, 6) is 1.93. The number of amides is 1. The molecular formula is C21H24N4O2. The fourth-order valence-electron chi connectivity index (χ4n) is 3.63.